The number of aromatic hydroxyl groups is 1. The molecule has 0 amide bonds. The first-order valence-corrected chi connectivity index (χ1v) is 5.32. The normalized spacial score (nSPS) is 11.1. The Morgan fingerprint density at radius 2 is 2.11 bits per heavy atom. The molecule has 0 bridgehead atoms. The number of carbonyl (C=O) groups is 1. The fourth-order valence-corrected chi connectivity index (χ4v) is 1.68. The van der Waals surface area contributed by atoms with Crippen LogP contribution in [0.2, 0.25) is 0 Å². The van der Waals surface area contributed by atoms with Gasteiger partial charge in [-0.2, -0.15) is 0 Å². The van der Waals surface area contributed by atoms with Crippen molar-refractivity contribution in [3.8, 4) is 5.75 Å². The first kappa shape index (κ1) is 14.0. The Hall–Kier alpha value is -2.11. The molecule has 0 radical (unpaired) electrons. The lowest BCUT2D eigenvalue weighted by molar-refractivity contribution is -0.385. The van der Waals surface area contributed by atoms with Crippen LogP contribution in [0.5, 0.6) is 5.75 Å². The summed E-state index contributed by atoms with van der Waals surface area (Å²) in [5.41, 5.74) is -0.553. The van der Waals surface area contributed by atoms with E-state index in [9.17, 15) is 20.0 Å². The maximum Gasteiger partial charge on any atom is 0.311 e. The molecule has 18 heavy (non-hydrogen) atoms. The van der Waals surface area contributed by atoms with E-state index in [4.69, 9.17) is 0 Å². The molecule has 1 N–H and O–H groups in total. The Kier molecular flexibility index (Phi) is 3.90. The lowest BCUT2D eigenvalue weighted by Gasteiger charge is -2.21. The van der Waals surface area contributed by atoms with E-state index in [1.54, 1.807) is 19.9 Å². The molecule has 0 aliphatic heterocycles. The van der Waals surface area contributed by atoms with Crippen molar-refractivity contribution in [1.82, 2.24) is 0 Å². The Morgan fingerprint density at radius 1 is 1.50 bits per heavy atom. The molecule has 0 fully saturated rings. The van der Waals surface area contributed by atoms with Gasteiger partial charge in [0.05, 0.1) is 17.4 Å². The molecule has 98 valence electrons. The highest BCUT2D eigenvalue weighted by Gasteiger charge is 2.29. The highest BCUT2D eigenvalue weighted by Crippen LogP contribution is 2.30. The average molecular weight is 253 g/mol. The number of rotatable bonds is 4. The van der Waals surface area contributed by atoms with E-state index < -0.39 is 16.3 Å². The molecule has 1 aromatic rings. The molecule has 0 aliphatic rings. The Morgan fingerprint density at radius 3 is 2.61 bits per heavy atom. The van der Waals surface area contributed by atoms with E-state index in [0.29, 0.717) is 12.0 Å². The Labute approximate surface area is 104 Å². The highest BCUT2D eigenvalue weighted by molar-refractivity contribution is 5.76. The van der Waals surface area contributed by atoms with Crippen molar-refractivity contribution in [1.29, 1.82) is 0 Å². The van der Waals surface area contributed by atoms with Gasteiger partial charge >= 0.3 is 11.7 Å². The van der Waals surface area contributed by atoms with Crippen LogP contribution in [0.1, 0.15) is 19.4 Å². The maximum atomic E-state index is 11.5. The van der Waals surface area contributed by atoms with Crippen LogP contribution in [0.3, 0.4) is 0 Å². The van der Waals surface area contributed by atoms with Crippen LogP contribution in [-0.4, -0.2) is 23.1 Å². The van der Waals surface area contributed by atoms with E-state index >= 15 is 0 Å². The molecule has 0 unspecified atom stereocenters. The van der Waals surface area contributed by atoms with Crippen molar-refractivity contribution in [3.05, 3.63) is 33.9 Å². The SMILES string of the molecule is COC(=O)C(C)(C)Cc1ccc(O)c([N+](=O)[O-])c1. The van der Waals surface area contributed by atoms with Crippen molar-refractivity contribution in [2.24, 2.45) is 5.41 Å². The minimum absolute atomic E-state index is 0.292. The van der Waals surface area contributed by atoms with Gasteiger partial charge in [-0.3, -0.25) is 14.9 Å². The summed E-state index contributed by atoms with van der Waals surface area (Å²) >= 11 is 0. The molecule has 1 aromatic carbocycles. The number of hydrogen-bond acceptors (Lipinski definition) is 5. The number of nitrogens with zero attached hydrogens (tertiary/aromatic N) is 1. The minimum Gasteiger partial charge on any atom is -0.502 e. The van der Waals surface area contributed by atoms with Crippen LogP contribution < -0.4 is 0 Å². The molecule has 0 saturated heterocycles. The average Bonchev–Trinajstić information content (AvgIpc) is 2.29. The van der Waals surface area contributed by atoms with Crippen molar-refractivity contribution >= 4 is 11.7 Å². The first-order valence-electron chi connectivity index (χ1n) is 5.32. The summed E-state index contributed by atoms with van der Waals surface area (Å²) in [4.78, 5) is 21.5. The number of nitro groups is 1. The third kappa shape index (κ3) is 2.97. The predicted octanol–water partition coefficient (Wildman–Crippen LogP) is 2.04. The molecule has 0 aliphatic carbocycles. The summed E-state index contributed by atoms with van der Waals surface area (Å²) in [5.74, 6) is -0.780. The first-order chi connectivity index (χ1) is 8.27. The summed E-state index contributed by atoms with van der Waals surface area (Å²) in [6.45, 7) is 3.38. The number of phenols is 1. The maximum absolute atomic E-state index is 11.5. The molecule has 1 rings (SSSR count). The fourth-order valence-electron chi connectivity index (χ4n) is 1.68. The van der Waals surface area contributed by atoms with Crippen LogP contribution in [0.4, 0.5) is 5.69 Å². The minimum atomic E-state index is -0.778. The van der Waals surface area contributed by atoms with Gasteiger partial charge in [-0.05, 0) is 31.9 Å². The second-order valence-corrected chi connectivity index (χ2v) is 4.63. The topological polar surface area (TPSA) is 89.7 Å². The summed E-state index contributed by atoms with van der Waals surface area (Å²) in [6.07, 6.45) is 0.292. The van der Waals surface area contributed by atoms with Crippen molar-refractivity contribution < 1.29 is 19.6 Å². The molecule has 0 atom stereocenters. The smallest absolute Gasteiger partial charge is 0.311 e. The summed E-state index contributed by atoms with van der Waals surface area (Å²) < 4.78 is 4.67. The van der Waals surface area contributed by atoms with Gasteiger partial charge in [0, 0.05) is 6.07 Å². The number of nitro benzene ring substituents is 1. The molecule has 6 nitrogen and oxygen atoms in total. The predicted molar refractivity (Wildman–Crippen MR) is 64.3 cm³/mol. The number of benzene rings is 1. The molecule has 0 aromatic heterocycles. The van der Waals surface area contributed by atoms with Gasteiger partial charge in [0.1, 0.15) is 0 Å². The van der Waals surface area contributed by atoms with Crippen molar-refractivity contribution in [3.63, 3.8) is 0 Å². The molecular weight excluding hydrogens is 238 g/mol. The largest absolute Gasteiger partial charge is 0.502 e. The summed E-state index contributed by atoms with van der Waals surface area (Å²) in [5, 5.41) is 20.0. The van der Waals surface area contributed by atoms with E-state index in [1.807, 2.05) is 0 Å². The van der Waals surface area contributed by atoms with Crippen LogP contribution in [0, 0.1) is 15.5 Å². The summed E-state index contributed by atoms with van der Waals surface area (Å²) in [7, 11) is 1.29. The fraction of sp³-hybridized carbons (Fsp3) is 0.417. The summed E-state index contributed by atoms with van der Waals surface area (Å²) in [6, 6.07) is 4.06. The molecule has 0 heterocycles. The molecule has 0 saturated carbocycles. The number of esters is 1. The molecule has 0 spiro atoms. The van der Waals surface area contributed by atoms with Crippen LogP contribution >= 0.6 is 0 Å². The van der Waals surface area contributed by atoms with Crippen LogP contribution in [0.15, 0.2) is 18.2 Å². The third-order valence-electron chi connectivity index (χ3n) is 2.62. The zero-order valence-corrected chi connectivity index (χ0v) is 10.5. The van der Waals surface area contributed by atoms with Crippen LogP contribution in [0.25, 0.3) is 0 Å². The van der Waals surface area contributed by atoms with E-state index in [-0.39, 0.29) is 11.4 Å². The van der Waals surface area contributed by atoms with Gasteiger partial charge < -0.3 is 9.84 Å². The van der Waals surface area contributed by atoms with E-state index in [2.05, 4.69) is 4.74 Å². The zero-order chi connectivity index (χ0) is 13.9. The Balaban J connectivity index is 3.02. The van der Waals surface area contributed by atoms with Gasteiger partial charge in [0.15, 0.2) is 5.75 Å². The quantitative estimate of drug-likeness (QED) is 0.503. The number of ether oxygens (including phenoxy) is 1. The van der Waals surface area contributed by atoms with E-state index in [0.717, 1.165) is 0 Å². The highest BCUT2D eigenvalue weighted by atomic mass is 16.6. The lowest BCUT2D eigenvalue weighted by Crippen LogP contribution is -2.27. The van der Waals surface area contributed by atoms with Gasteiger partial charge in [-0.25, -0.2) is 0 Å². The standard InChI is InChI=1S/C12H15NO5/c1-12(2,11(15)18-3)7-8-4-5-10(14)9(6-8)13(16)17/h4-6,14H,7H2,1-3H3. The van der Waals surface area contributed by atoms with Gasteiger partial charge in [0.2, 0.25) is 0 Å². The van der Waals surface area contributed by atoms with Crippen molar-refractivity contribution in [2.75, 3.05) is 7.11 Å². The second-order valence-electron chi connectivity index (χ2n) is 4.63. The van der Waals surface area contributed by atoms with Crippen molar-refractivity contribution in [2.45, 2.75) is 20.3 Å². The number of hydrogen-bond donors (Lipinski definition) is 1. The number of methoxy groups -OCH3 is 1. The third-order valence-corrected chi connectivity index (χ3v) is 2.62. The van der Waals surface area contributed by atoms with Gasteiger partial charge in [-0.15, -0.1) is 0 Å². The zero-order valence-electron chi connectivity index (χ0n) is 10.5. The molecular formula is C12H15NO5. The van der Waals surface area contributed by atoms with Gasteiger partial charge in [-0.1, -0.05) is 6.07 Å². The number of carbonyl (C=O) groups excluding carboxylic acids is 1. The van der Waals surface area contributed by atoms with Crippen LogP contribution in [-0.2, 0) is 16.0 Å². The van der Waals surface area contributed by atoms with Gasteiger partial charge in [0.25, 0.3) is 0 Å². The monoisotopic (exact) mass is 253 g/mol. The number of phenolic OH excluding ortho intramolecular Hbond substituents is 1. The second kappa shape index (κ2) is 5.03. The Bertz CT molecular complexity index is 481. The molecule has 6 heteroatoms. The lowest BCUT2D eigenvalue weighted by atomic mass is 9.86. The van der Waals surface area contributed by atoms with E-state index in [1.165, 1.54) is 19.2 Å².